The van der Waals surface area contributed by atoms with Crippen LogP contribution < -0.4 is 4.74 Å². The SMILES string of the molecule is CCCCn1c(C)c(C(=O)N2CCOCC2)c2cc(OC)c(Br)cc21. The number of aromatic nitrogens is 1. The van der Waals surface area contributed by atoms with Crippen LogP contribution >= 0.6 is 15.9 Å². The second-order valence-electron chi connectivity index (χ2n) is 6.37. The molecule has 1 aliphatic heterocycles. The Morgan fingerprint density at radius 1 is 1.32 bits per heavy atom. The number of methoxy groups -OCH3 is 1. The van der Waals surface area contributed by atoms with Crippen molar-refractivity contribution in [3.8, 4) is 5.75 Å². The van der Waals surface area contributed by atoms with Crippen molar-refractivity contribution in [1.29, 1.82) is 0 Å². The van der Waals surface area contributed by atoms with Gasteiger partial charge in [-0.05, 0) is 41.4 Å². The fourth-order valence-corrected chi connectivity index (χ4v) is 3.93. The van der Waals surface area contributed by atoms with E-state index in [9.17, 15) is 4.79 Å². The van der Waals surface area contributed by atoms with Gasteiger partial charge in [-0.2, -0.15) is 0 Å². The molecule has 0 spiro atoms. The average molecular weight is 409 g/mol. The third-order valence-corrected chi connectivity index (χ3v) is 5.46. The molecule has 1 aliphatic rings. The van der Waals surface area contributed by atoms with Crippen molar-refractivity contribution in [2.24, 2.45) is 0 Å². The van der Waals surface area contributed by atoms with E-state index in [1.54, 1.807) is 7.11 Å². The molecule has 0 atom stereocenters. The highest BCUT2D eigenvalue weighted by molar-refractivity contribution is 9.10. The number of hydrogen-bond donors (Lipinski definition) is 0. The summed E-state index contributed by atoms with van der Waals surface area (Å²) in [5.74, 6) is 0.835. The molecule has 136 valence electrons. The lowest BCUT2D eigenvalue weighted by Crippen LogP contribution is -2.40. The lowest BCUT2D eigenvalue weighted by molar-refractivity contribution is 0.0303. The first-order chi connectivity index (χ1) is 12.1. The van der Waals surface area contributed by atoms with Crippen LogP contribution in [0.5, 0.6) is 5.75 Å². The minimum Gasteiger partial charge on any atom is -0.496 e. The van der Waals surface area contributed by atoms with Crippen molar-refractivity contribution in [3.63, 3.8) is 0 Å². The van der Waals surface area contributed by atoms with Crippen molar-refractivity contribution < 1.29 is 14.3 Å². The zero-order valence-corrected chi connectivity index (χ0v) is 16.7. The number of halogens is 1. The van der Waals surface area contributed by atoms with E-state index in [0.29, 0.717) is 26.3 Å². The number of rotatable bonds is 5. The molecule has 0 aliphatic carbocycles. The van der Waals surface area contributed by atoms with Crippen LogP contribution in [0, 0.1) is 6.92 Å². The Bertz CT molecular complexity index is 779. The molecule has 5 nitrogen and oxygen atoms in total. The van der Waals surface area contributed by atoms with Gasteiger partial charge in [0.05, 0.1) is 35.9 Å². The number of nitrogens with zero attached hydrogens (tertiary/aromatic N) is 2. The number of carbonyl (C=O) groups excluding carboxylic acids is 1. The first kappa shape index (κ1) is 18.3. The number of amides is 1. The minimum atomic E-state index is 0.0884. The van der Waals surface area contributed by atoms with E-state index >= 15 is 0 Å². The van der Waals surface area contributed by atoms with Crippen LogP contribution in [0.15, 0.2) is 16.6 Å². The third kappa shape index (κ3) is 3.42. The smallest absolute Gasteiger partial charge is 0.256 e. The summed E-state index contributed by atoms with van der Waals surface area (Å²) in [7, 11) is 1.65. The molecule has 0 saturated carbocycles. The maximum absolute atomic E-state index is 13.2. The highest BCUT2D eigenvalue weighted by Gasteiger charge is 2.26. The second kappa shape index (κ2) is 7.79. The van der Waals surface area contributed by atoms with Gasteiger partial charge in [0.15, 0.2) is 0 Å². The van der Waals surface area contributed by atoms with E-state index < -0.39 is 0 Å². The fourth-order valence-electron chi connectivity index (χ4n) is 3.43. The Morgan fingerprint density at radius 3 is 2.68 bits per heavy atom. The van der Waals surface area contributed by atoms with E-state index in [4.69, 9.17) is 9.47 Å². The summed E-state index contributed by atoms with van der Waals surface area (Å²) < 4.78 is 14.0. The van der Waals surface area contributed by atoms with Crippen molar-refractivity contribution in [1.82, 2.24) is 9.47 Å². The molecular formula is C19H25BrN2O3. The average Bonchev–Trinajstić information content (AvgIpc) is 2.90. The van der Waals surface area contributed by atoms with Crippen molar-refractivity contribution in [3.05, 3.63) is 27.9 Å². The van der Waals surface area contributed by atoms with Crippen molar-refractivity contribution in [2.45, 2.75) is 33.2 Å². The number of ether oxygens (including phenoxy) is 2. The molecule has 6 heteroatoms. The molecule has 1 saturated heterocycles. The Balaban J connectivity index is 2.14. The largest absolute Gasteiger partial charge is 0.496 e. The Kier molecular flexibility index (Phi) is 5.69. The predicted molar refractivity (Wildman–Crippen MR) is 103 cm³/mol. The molecule has 1 amide bonds. The number of fused-ring (bicyclic) bond motifs is 1. The third-order valence-electron chi connectivity index (χ3n) is 4.84. The minimum absolute atomic E-state index is 0.0884. The zero-order valence-electron chi connectivity index (χ0n) is 15.1. The molecule has 3 rings (SSSR count). The van der Waals surface area contributed by atoms with Gasteiger partial charge < -0.3 is 18.9 Å². The van der Waals surface area contributed by atoms with Gasteiger partial charge in [0, 0.05) is 30.7 Å². The molecule has 0 bridgehead atoms. The van der Waals surface area contributed by atoms with Gasteiger partial charge in [0.2, 0.25) is 0 Å². The van der Waals surface area contributed by atoms with E-state index in [0.717, 1.165) is 51.8 Å². The molecule has 1 aromatic heterocycles. The summed E-state index contributed by atoms with van der Waals surface area (Å²) in [6.07, 6.45) is 2.20. The normalized spacial score (nSPS) is 15.0. The van der Waals surface area contributed by atoms with Crippen LogP contribution in [-0.2, 0) is 11.3 Å². The lowest BCUT2D eigenvalue weighted by atomic mass is 10.1. The maximum Gasteiger partial charge on any atom is 0.256 e. The van der Waals surface area contributed by atoms with Crippen molar-refractivity contribution >= 4 is 32.7 Å². The molecule has 1 fully saturated rings. The fraction of sp³-hybridized carbons (Fsp3) is 0.526. The number of benzene rings is 1. The van der Waals surface area contributed by atoms with Crippen LogP contribution in [0.2, 0.25) is 0 Å². The Hall–Kier alpha value is -1.53. The number of aryl methyl sites for hydroxylation is 1. The molecule has 25 heavy (non-hydrogen) atoms. The molecule has 2 aromatic rings. The van der Waals surface area contributed by atoms with Gasteiger partial charge in [-0.1, -0.05) is 13.3 Å². The Labute approximate surface area is 157 Å². The number of carbonyl (C=O) groups is 1. The first-order valence-electron chi connectivity index (χ1n) is 8.81. The number of hydrogen-bond acceptors (Lipinski definition) is 3. The molecule has 0 radical (unpaired) electrons. The molecule has 0 N–H and O–H groups in total. The molecule has 2 heterocycles. The number of morpholine rings is 1. The molecular weight excluding hydrogens is 384 g/mol. The summed E-state index contributed by atoms with van der Waals surface area (Å²) in [6, 6.07) is 4.04. The van der Waals surface area contributed by atoms with E-state index in [1.165, 1.54) is 0 Å². The standard InChI is InChI=1S/C19H25BrN2O3/c1-4-5-6-22-13(2)18(19(23)21-7-9-25-10-8-21)14-11-17(24-3)15(20)12-16(14)22/h11-12H,4-10H2,1-3H3. The molecule has 0 unspecified atom stereocenters. The van der Waals surface area contributed by atoms with E-state index in [2.05, 4.69) is 33.5 Å². The zero-order chi connectivity index (χ0) is 18.0. The summed E-state index contributed by atoms with van der Waals surface area (Å²) in [4.78, 5) is 15.1. The van der Waals surface area contributed by atoms with Crippen LogP contribution in [0.25, 0.3) is 10.9 Å². The summed E-state index contributed by atoms with van der Waals surface area (Å²) >= 11 is 3.58. The second-order valence-corrected chi connectivity index (χ2v) is 7.23. The monoisotopic (exact) mass is 408 g/mol. The first-order valence-corrected chi connectivity index (χ1v) is 9.61. The van der Waals surface area contributed by atoms with Gasteiger partial charge in [-0.3, -0.25) is 4.79 Å². The lowest BCUT2D eigenvalue weighted by Gasteiger charge is -2.27. The predicted octanol–water partition coefficient (Wildman–Crippen LogP) is 3.99. The van der Waals surface area contributed by atoms with Gasteiger partial charge in [-0.25, -0.2) is 0 Å². The van der Waals surface area contributed by atoms with Gasteiger partial charge in [-0.15, -0.1) is 0 Å². The number of unbranched alkanes of at least 4 members (excludes halogenated alkanes) is 1. The highest BCUT2D eigenvalue weighted by atomic mass is 79.9. The molecule has 1 aromatic carbocycles. The van der Waals surface area contributed by atoms with Gasteiger partial charge in [0.25, 0.3) is 5.91 Å². The maximum atomic E-state index is 13.2. The summed E-state index contributed by atoms with van der Waals surface area (Å²) in [5.41, 5.74) is 2.90. The van der Waals surface area contributed by atoms with Gasteiger partial charge in [0.1, 0.15) is 5.75 Å². The topological polar surface area (TPSA) is 43.7 Å². The quantitative estimate of drug-likeness (QED) is 0.750. The summed E-state index contributed by atoms with van der Waals surface area (Å²) in [6.45, 7) is 7.64. The highest BCUT2D eigenvalue weighted by Crippen LogP contribution is 2.35. The van der Waals surface area contributed by atoms with Crippen LogP contribution in [0.3, 0.4) is 0 Å². The van der Waals surface area contributed by atoms with Crippen LogP contribution in [0.4, 0.5) is 0 Å². The van der Waals surface area contributed by atoms with E-state index in [-0.39, 0.29) is 5.91 Å². The van der Waals surface area contributed by atoms with Gasteiger partial charge >= 0.3 is 0 Å². The summed E-state index contributed by atoms with van der Waals surface area (Å²) in [5, 5.41) is 0.963. The Morgan fingerprint density at radius 2 is 2.04 bits per heavy atom. The van der Waals surface area contributed by atoms with E-state index in [1.807, 2.05) is 17.9 Å². The van der Waals surface area contributed by atoms with Crippen LogP contribution in [0.1, 0.15) is 35.8 Å². The van der Waals surface area contributed by atoms with Crippen LogP contribution in [-0.4, -0.2) is 48.8 Å². The van der Waals surface area contributed by atoms with Crippen molar-refractivity contribution in [2.75, 3.05) is 33.4 Å².